The minimum atomic E-state index is -0.730. The highest BCUT2D eigenvalue weighted by Crippen LogP contribution is 2.24. The van der Waals surface area contributed by atoms with Crippen LogP contribution in [0.1, 0.15) is 22.8 Å². The predicted molar refractivity (Wildman–Crippen MR) is 86.1 cm³/mol. The van der Waals surface area contributed by atoms with Gasteiger partial charge in [-0.1, -0.05) is 30.3 Å². The summed E-state index contributed by atoms with van der Waals surface area (Å²) in [4.78, 5) is 12.4. The van der Waals surface area contributed by atoms with Crippen molar-refractivity contribution < 1.29 is 9.18 Å². The smallest absolute Gasteiger partial charge is 0.253 e. The summed E-state index contributed by atoms with van der Waals surface area (Å²) >= 11 is 9.30. The van der Waals surface area contributed by atoms with E-state index in [0.717, 1.165) is 5.56 Å². The van der Waals surface area contributed by atoms with Crippen LogP contribution in [0.3, 0.4) is 0 Å². The fourth-order valence-corrected chi connectivity index (χ4v) is 2.63. The summed E-state index contributed by atoms with van der Waals surface area (Å²) in [7, 11) is 0. The van der Waals surface area contributed by atoms with Gasteiger partial charge in [-0.2, -0.15) is 0 Å². The Morgan fingerprint density at radius 1 is 1.29 bits per heavy atom. The lowest BCUT2D eigenvalue weighted by molar-refractivity contribution is 0.0912. The minimum Gasteiger partial charge on any atom is -0.342 e. The summed E-state index contributed by atoms with van der Waals surface area (Å²) in [6, 6.07) is 13.4. The van der Waals surface area contributed by atoms with Crippen LogP contribution in [0.15, 0.2) is 53.0 Å². The molecule has 1 N–H and O–H groups in total. The monoisotopic (exact) mass is 369 g/mol. The van der Waals surface area contributed by atoms with Crippen LogP contribution < -0.4 is 5.32 Å². The number of amides is 1. The average Bonchev–Trinajstić information content (AvgIpc) is 2.50. The standard InChI is InChI=1S/C16H14BrClFNO/c1-16(10-18,11-5-3-2-4-6-11)20-15(21)13-9-12(19)7-8-14(13)17/h2-9H,10H2,1H3,(H,20,21). The number of halogens is 3. The highest BCUT2D eigenvalue weighted by atomic mass is 79.9. The second-order valence-electron chi connectivity index (χ2n) is 4.91. The fourth-order valence-electron chi connectivity index (χ4n) is 1.98. The van der Waals surface area contributed by atoms with Crippen molar-refractivity contribution >= 4 is 33.4 Å². The third-order valence-electron chi connectivity index (χ3n) is 3.24. The van der Waals surface area contributed by atoms with Crippen molar-refractivity contribution in [3.05, 3.63) is 69.9 Å². The van der Waals surface area contributed by atoms with Crippen LogP contribution in [0.4, 0.5) is 4.39 Å². The van der Waals surface area contributed by atoms with E-state index in [1.165, 1.54) is 18.2 Å². The Labute approximate surface area is 136 Å². The van der Waals surface area contributed by atoms with Gasteiger partial charge >= 0.3 is 0 Å². The van der Waals surface area contributed by atoms with Crippen LogP contribution in [-0.4, -0.2) is 11.8 Å². The van der Waals surface area contributed by atoms with Gasteiger partial charge in [-0.25, -0.2) is 4.39 Å². The molecule has 0 aliphatic rings. The quantitative estimate of drug-likeness (QED) is 0.790. The Bertz CT molecular complexity index is 650. The van der Waals surface area contributed by atoms with Crippen molar-refractivity contribution in [2.45, 2.75) is 12.5 Å². The maximum absolute atomic E-state index is 13.3. The molecule has 2 rings (SSSR count). The van der Waals surface area contributed by atoms with Gasteiger partial charge in [-0.15, -0.1) is 11.6 Å². The molecular formula is C16H14BrClFNO. The molecule has 1 amide bonds. The van der Waals surface area contributed by atoms with Crippen molar-refractivity contribution in [3.63, 3.8) is 0 Å². The zero-order valence-electron chi connectivity index (χ0n) is 11.4. The van der Waals surface area contributed by atoms with Gasteiger partial charge in [0.05, 0.1) is 11.1 Å². The highest BCUT2D eigenvalue weighted by molar-refractivity contribution is 9.10. The van der Waals surface area contributed by atoms with E-state index < -0.39 is 11.4 Å². The molecule has 0 bridgehead atoms. The fraction of sp³-hybridized carbons (Fsp3) is 0.188. The normalized spacial score (nSPS) is 13.5. The third-order valence-corrected chi connectivity index (χ3v) is 4.47. The average molecular weight is 371 g/mol. The summed E-state index contributed by atoms with van der Waals surface area (Å²) in [5.74, 6) is -0.639. The lowest BCUT2D eigenvalue weighted by Crippen LogP contribution is -2.45. The number of hydrogen-bond acceptors (Lipinski definition) is 1. The van der Waals surface area contributed by atoms with Gasteiger partial charge in [-0.05, 0) is 46.6 Å². The summed E-state index contributed by atoms with van der Waals surface area (Å²) in [6.45, 7) is 1.83. The van der Waals surface area contributed by atoms with Crippen LogP contribution in [-0.2, 0) is 5.54 Å². The van der Waals surface area contributed by atoms with Crippen molar-refractivity contribution in [3.8, 4) is 0 Å². The molecule has 0 saturated heterocycles. The zero-order valence-corrected chi connectivity index (χ0v) is 13.7. The number of benzene rings is 2. The Morgan fingerprint density at radius 3 is 2.57 bits per heavy atom. The van der Waals surface area contributed by atoms with E-state index in [9.17, 15) is 9.18 Å². The molecule has 2 aromatic rings. The van der Waals surface area contributed by atoms with E-state index in [4.69, 9.17) is 11.6 Å². The van der Waals surface area contributed by atoms with Crippen molar-refractivity contribution in [1.29, 1.82) is 0 Å². The van der Waals surface area contributed by atoms with Crippen LogP contribution in [0.2, 0.25) is 0 Å². The molecule has 0 aromatic heterocycles. The van der Waals surface area contributed by atoms with Crippen molar-refractivity contribution in [1.82, 2.24) is 5.32 Å². The Kier molecular flexibility index (Phi) is 5.01. The maximum Gasteiger partial charge on any atom is 0.253 e. The molecule has 0 radical (unpaired) electrons. The molecule has 1 atom stereocenters. The first kappa shape index (κ1) is 16.0. The summed E-state index contributed by atoms with van der Waals surface area (Å²) in [5, 5.41) is 2.88. The highest BCUT2D eigenvalue weighted by Gasteiger charge is 2.28. The number of alkyl halides is 1. The Morgan fingerprint density at radius 2 is 1.95 bits per heavy atom. The molecule has 2 aromatic carbocycles. The number of rotatable bonds is 4. The van der Waals surface area contributed by atoms with E-state index in [0.29, 0.717) is 4.47 Å². The first-order chi connectivity index (χ1) is 9.96. The van der Waals surface area contributed by atoms with Crippen LogP contribution in [0.25, 0.3) is 0 Å². The summed E-state index contributed by atoms with van der Waals surface area (Å²) in [5.41, 5.74) is 0.397. The Hall–Kier alpha value is -1.39. The lowest BCUT2D eigenvalue weighted by Gasteiger charge is -2.29. The van der Waals surface area contributed by atoms with Gasteiger partial charge in [0.2, 0.25) is 0 Å². The van der Waals surface area contributed by atoms with Gasteiger partial charge in [0.25, 0.3) is 5.91 Å². The molecule has 2 nitrogen and oxygen atoms in total. The molecule has 0 heterocycles. The lowest BCUT2D eigenvalue weighted by atomic mass is 9.93. The molecule has 0 saturated carbocycles. The van der Waals surface area contributed by atoms with Crippen LogP contribution >= 0.6 is 27.5 Å². The van der Waals surface area contributed by atoms with Crippen LogP contribution in [0.5, 0.6) is 0 Å². The number of carbonyl (C=O) groups excluding carboxylic acids is 1. The second kappa shape index (κ2) is 6.58. The van der Waals surface area contributed by atoms with Gasteiger partial charge in [-0.3, -0.25) is 4.79 Å². The maximum atomic E-state index is 13.3. The predicted octanol–water partition coefficient (Wildman–Crippen LogP) is 4.47. The van der Waals surface area contributed by atoms with Gasteiger partial charge < -0.3 is 5.32 Å². The summed E-state index contributed by atoms with van der Waals surface area (Å²) in [6.07, 6.45) is 0. The first-order valence-corrected chi connectivity index (χ1v) is 7.68. The number of nitrogens with one attached hydrogen (secondary N) is 1. The van der Waals surface area contributed by atoms with Crippen molar-refractivity contribution in [2.75, 3.05) is 5.88 Å². The molecule has 0 spiro atoms. The van der Waals surface area contributed by atoms with Gasteiger partial charge in [0.1, 0.15) is 5.82 Å². The molecule has 21 heavy (non-hydrogen) atoms. The van der Waals surface area contributed by atoms with E-state index in [-0.39, 0.29) is 17.4 Å². The SMILES string of the molecule is CC(CCl)(NC(=O)c1cc(F)ccc1Br)c1ccccc1. The van der Waals surface area contributed by atoms with E-state index in [1.54, 1.807) is 0 Å². The van der Waals surface area contributed by atoms with Gasteiger partial charge in [0.15, 0.2) is 0 Å². The van der Waals surface area contributed by atoms with Crippen molar-refractivity contribution in [2.24, 2.45) is 0 Å². The molecule has 0 aliphatic carbocycles. The second-order valence-corrected chi connectivity index (χ2v) is 6.03. The Balaban J connectivity index is 2.30. The first-order valence-electron chi connectivity index (χ1n) is 6.35. The van der Waals surface area contributed by atoms with Crippen LogP contribution in [0, 0.1) is 5.82 Å². The molecule has 0 fully saturated rings. The minimum absolute atomic E-state index is 0.204. The topological polar surface area (TPSA) is 29.1 Å². The van der Waals surface area contributed by atoms with E-state index in [1.807, 2.05) is 37.3 Å². The molecule has 110 valence electrons. The van der Waals surface area contributed by atoms with E-state index >= 15 is 0 Å². The van der Waals surface area contributed by atoms with E-state index in [2.05, 4.69) is 21.2 Å². The zero-order chi connectivity index (χ0) is 15.5. The van der Waals surface area contributed by atoms with Gasteiger partial charge in [0, 0.05) is 10.4 Å². The summed E-state index contributed by atoms with van der Waals surface area (Å²) < 4.78 is 13.9. The number of carbonyl (C=O) groups is 1. The molecule has 5 heteroatoms. The third kappa shape index (κ3) is 3.63. The molecular weight excluding hydrogens is 357 g/mol. The molecule has 0 aliphatic heterocycles. The number of hydrogen-bond donors (Lipinski definition) is 1. The largest absolute Gasteiger partial charge is 0.342 e. The molecule has 1 unspecified atom stereocenters.